The fourth-order valence-corrected chi connectivity index (χ4v) is 1.87. The summed E-state index contributed by atoms with van der Waals surface area (Å²) in [6.07, 6.45) is 6.38. The number of hydrogen-bond donors (Lipinski definition) is 1. The molecule has 1 fully saturated rings. The van der Waals surface area contributed by atoms with Crippen LogP contribution in [-0.2, 0) is 0 Å². The Balaban J connectivity index is 2.55. The minimum absolute atomic E-state index is 0.361. The Morgan fingerprint density at radius 2 is 2.00 bits per heavy atom. The summed E-state index contributed by atoms with van der Waals surface area (Å²) in [7, 11) is 0. The van der Waals surface area contributed by atoms with Crippen LogP contribution in [0.25, 0.3) is 0 Å². The van der Waals surface area contributed by atoms with Gasteiger partial charge in [0.15, 0.2) is 0 Å². The molecule has 0 aromatic carbocycles. The van der Waals surface area contributed by atoms with Crippen molar-refractivity contribution in [3.63, 3.8) is 0 Å². The van der Waals surface area contributed by atoms with E-state index in [1.165, 1.54) is 31.3 Å². The molecule has 1 saturated carbocycles. The van der Waals surface area contributed by atoms with Crippen LogP contribution in [0.1, 0.15) is 39.5 Å². The van der Waals surface area contributed by atoms with Gasteiger partial charge >= 0.3 is 0 Å². The Kier molecular flexibility index (Phi) is 2.71. The van der Waals surface area contributed by atoms with Crippen LogP contribution in [0.2, 0.25) is 0 Å². The molecule has 0 aromatic rings. The van der Waals surface area contributed by atoms with Crippen molar-refractivity contribution in [3.8, 4) is 0 Å². The molecule has 1 aliphatic rings. The van der Waals surface area contributed by atoms with Gasteiger partial charge in [-0.05, 0) is 50.2 Å². The normalized spacial score (nSPS) is 36.0. The number of rotatable bonds is 2. The van der Waals surface area contributed by atoms with E-state index in [4.69, 9.17) is 5.41 Å². The maximum Gasteiger partial charge on any atom is -0.00167 e. The number of allylic oxidation sites excluding steroid dienone is 1. The van der Waals surface area contributed by atoms with E-state index in [0.29, 0.717) is 11.3 Å². The van der Waals surface area contributed by atoms with E-state index in [0.717, 1.165) is 0 Å². The molecule has 1 N–H and O–H groups in total. The maximum atomic E-state index is 7.19. The second-order valence-corrected chi connectivity index (χ2v) is 4.35. The van der Waals surface area contributed by atoms with Gasteiger partial charge in [0, 0.05) is 0 Å². The third kappa shape index (κ3) is 1.77. The van der Waals surface area contributed by atoms with E-state index < -0.39 is 0 Å². The molecule has 0 radical (unpaired) electrons. The van der Waals surface area contributed by atoms with E-state index in [-0.39, 0.29) is 0 Å². The lowest BCUT2D eigenvalue weighted by atomic mass is 9.68. The first-order valence-corrected chi connectivity index (χ1v) is 4.75. The van der Waals surface area contributed by atoms with Crippen molar-refractivity contribution in [1.29, 1.82) is 5.41 Å². The Bertz CT molecular complexity index is 185. The van der Waals surface area contributed by atoms with Crippen molar-refractivity contribution in [3.05, 3.63) is 12.2 Å². The molecule has 12 heavy (non-hydrogen) atoms. The molecule has 0 atom stereocenters. The van der Waals surface area contributed by atoms with Crippen molar-refractivity contribution in [1.82, 2.24) is 0 Å². The van der Waals surface area contributed by atoms with Crippen LogP contribution in [0.5, 0.6) is 0 Å². The third-order valence-electron chi connectivity index (χ3n) is 3.40. The van der Waals surface area contributed by atoms with Crippen molar-refractivity contribution >= 4 is 6.21 Å². The van der Waals surface area contributed by atoms with Crippen LogP contribution >= 0.6 is 0 Å². The highest BCUT2D eigenvalue weighted by molar-refractivity contribution is 5.56. The summed E-state index contributed by atoms with van der Waals surface area (Å²) in [6, 6.07) is 0. The summed E-state index contributed by atoms with van der Waals surface area (Å²) in [5.41, 5.74) is 1.67. The Hall–Kier alpha value is -0.590. The largest absolute Gasteiger partial charge is 0.313 e. The van der Waals surface area contributed by atoms with Gasteiger partial charge in [0.2, 0.25) is 0 Å². The molecule has 0 amide bonds. The molecule has 68 valence electrons. The monoisotopic (exact) mass is 165 g/mol. The van der Waals surface area contributed by atoms with Gasteiger partial charge in [0.1, 0.15) is 0 Å². The Morgan fingerprint density at radius 3 is 2.33 bits per heavy atom. The highest BCUT2D eigenvalue weighted by Crippen LogP contribution is 2.42. The molecule has 0 unspecified atom stereocenters. The van der Waals surface area contributed by atoms with E-state index in [1.54, 1.807) is 6.21 Å². The van der Waals surface area contributed by atoms with Crippen molar-refractivity contribution in [2.75, 3.05) is 0 Å². The van der Waals surface area contributed by atoms with Gasteiger partial charge in [-0.2, -0.15) is 0 Å². The summed E-state index contributed by atoms with van der Waals surface area (Å²) in [4.78, 5) is 0. The average Bonchev–Trinajstić information content (AvgIpc) is 2.06. The molecule has 0 aliphatic heterocycles. The topological polar surface area (TPSA) is 23.9 Å². The first-order chi connectivity index (χ1) is 5.58. The van der Waals surface area contributed by atoms with Gasteiger partial charge in [-0.1, -0.05) is 19.1 Å². The van der Waals surface area contributed by atoms with Gasteiger partial charge in [-0.3, -0.25) is 0 Å². The molecule has 1 aliphatic carbocycles. The number of nitrogens with one attached hydrogen (secondary N) is 1. The Labute approximate surface area is 75.4 Å². The van der Waals surface area contributed by atoms with Crippen LogP contribution in [0.3, 0.4) is 0 Å². The molecule has 0 aromatic heterocycles. The molecular formula is C11H19N. The lowest BCUT2D eigenvalue weighted by Crippen LogP contribution is -2.25. The van der Waals surface area contributed by atoms with Crippen molar-refractivity contribution in [2.24, 2.45) is 11.3 Å². The van der Waals surface area contributed by atoms with Crippen LogP contribution in [0, 0.1) is 16.7 Å². The van der Waals surface area contributed by atoms with Gasteiger partial charge in [-0.15, -0.1) is 0 Å². The predicted octanol–water partition coefficient (Wildman–Crippen LogP) is 3.41. The lowest BCUT2D eigenvalue weighted by Gasteiger charge is -2.36. The summed E-state index contributed by atoms with van der Waals surface area (Å²) >= 11 is 0. The zero-order chi connectivity index (χ0) is 9.19. The van der Waals surface area contributed by atoms with Crippen LogP contribution < -0.4 is 0 Å². The summed E-state index contributed by atoms with van der Waals surface area (Å²) in [5, 5.41) is 7.19. The quantitative estimate of drug-likeness (QED) is 0.479. The SMILES string of the molecule is C=C(C)C1(C)CCC(C=N)CC1. The standard InChI is InChI=1S/C11H19N/c1-9(2)11(3)6-4-10(8-12)5-7-11/h8,10,12H,1,4-7H2,2-3H3. The minimum Gasteiger partial charge on any atom is -0.313 e. The lowest BCUT2D eigenvalue weighted by molar-refractivity contribution is 0.244. The maximum absolute atomic E-state index is 7.19. The fraction of sp³-hybridized carbons (Fsp3) is 0.727. The van der Waals surface area contributed by atoms with Crippen LogP contribution in [0.15, 0.2) is 12.2 Å². The molecule has 0 saturated heterocycles. The van der Waals surface area contributed by atoms with Gasteiger partial charge < -0.3 is 5.41 Å². The van der Waals surface area contributed by atoms with Gasteiger partial charge in [0.05, 0.1) is 0 Å². The second-order valence-electron chi connectivity index (χ2n) is 4.35. The molecule has 0 bridgehead atoms. The molecular weight excluding hydrogens is 146 g/mol. The van der Waals surface area contributed by atoms with Gasteiger partial charge in [-0.25, -0.2) is 0 Å². The highest BCUT2D eigenvalue weighted by atomic mass is 14.4. The summed E-state index contributed by atoms with van der Waals surface area (Å²) < 4.78 is 0. The Morgan fingerprint density at radius 1 is 1.50 bits per heavy atom. The highest BCUT2D eigenvalue weighted by Gasteiger charge is 2.30. The van der Waals surface area contributed by atoms with Gasteiger partial charge in [0.25, 0.3) is 0 Å². The van der Waals surface area contributed by atoms with E-state index in [2.05, 4.69) is 20.4 Å². The summed E-state index contributed by atoms with van der Waals surface area (Å²) in [6.45, 7) is 8.48. The third-order valence-corrected chi connectivity index (χ3v) is 3.40. The first-order valence-electron chi connectivity index (χ1n) is 4.75. The van der Waals surface area contributed by atoms with Crippen molar-refractivity contribution < 1.29 is 0 Å². The molecule has 1 heteroatoms. The molecule has 0 spiro atoms. The smallest absolute Gasteiger partial charge is 0.00167 e. The number of hydrogen-bond acceptors (Lipinski definition) is 1. The molecule has 0 heterocycles. The molecule has 1 nitrogen and oxygen atoms in total. The average molecular weight is 165 g/mol. The minimum atomic E-state index is 0.361. The predicted molar refractivity (Wildman–Crippen MR) is 53.7 cm³/mol. The zero-order valence-corrected chi connectivity index (χ0v) is 8.19. The van der Waals surface area contributed by atoms with E-state index in [1.807, 2.05) is 0 Å². The van der Waals surface area contributed by atoms with Crippen LogP contribution in [0.4, 0.5) is 0 Å². The summed E-state index contributed by atoms with van der Waals surface area (Å²) in [5.74, 6) is 0.539. The van der Waals surface area contributed by atoms with E-state index in [9.17, 15) is 0 Å². The molecule has 1 rings (SSSR count). The van der Waals surface area contributed by atoms with E-state index >= 15 is 0 Å². The second kappa shape index (κ2) is 3.42. The first kappa shape index (κ1) is 9.50. The van der Waals surface area contributed by atoms with Crippen molar-refractivity contribution in [2.45, 2.75) is 39.5 Å². The van der Waals surface area contributed by atoms with Crippen LogP contribution in [-0.4, -0.2) is 6.21 Å². The fourth-order valence-electron chi connectivity index (χ4n) is 1.87. The zero-order valence-electron chi connectivity index (χ0n) is 8.19.